The van der Waals surface area contributed by atoms with Crippen molar-refractivity contribution in [1.29, 1.82) is 0 Å². The first-order valence-corrected chi connectivity index (χ1v) is 11.7. The average Bonchev–Trinajstić information content (AvgIpc) is 3.00. The van der Waals surface area contributed by atoms with Gasteiger partial charge in [0.1, 0.15) is 23.9 Å². The van der Waals surface area contributed by atoms with Gasteiger partial charge in [0.15, 0.2) is 0 Å². The zero-order chi connectivity index (χ0) is 19.1. The highest BCUT2D eigenvalue weighted by molar-refractivity contribution is 7.84. The molecule has 0 aliphatic carbocycles. The molecule has 1 N–H and O–H groups in total. The van der Waals surface area contributed by atoms with E-state index in [0.717, 1.165) is 6.42 Å². The fourth-order valence-electron chi connectivity index (χ4n) is 2.98. The Bertz CT molecular complexity index is 550. The number of hydrogen-bond acceptors (Lipinski definition) is 4. The van der Waals surface area contributed by atoms with E-state index in [1.54, 1.807) is 12.1 Å². The van der Waals surface area contributed by atoms with Crippen molar-refractivity contribution < 1.29 is 22.1 Å². The van der Waals surface area contributed by atoms with E-state index in [2.05, 4.69) is 6.92 Å². The monoisotopic (exact) mass is 388 g/mol. The molecule has 0 spiro atoms. The van der Waals surface area contributed by atoms with Gasteiger partial charge in [0, 0.05) is 6.61 Å². The van der Waals surface area contributed by atoms with Crippen molar-refractivity contribution in [3.05, 3.63) is 23.7 Å². The van der Waals surface area contributed by atoms with Gasteiger partial charge in [-0.1, -0.05) is 77.6 Å². The maximum absolute atomic E-state index is 10.8. The van der Waals surface area contributed by atoms with Crippen LogP contribution in [-0.2, 0) is 27.2 Å². The number of ether oxygens (including phenoxy) is 1. The Hall–Kier alpha value is -0.850. The Morgan fingerprint density at radius 3 is 1.88 bits per heavy atom. The maximum Gasteiger partial charge on any atom is 0.272 e. The zero-order valence-electron chi connectivity index (χ0n) is 16.2. The van der Waals surface area contributed by atoms with Crippen LogP contribution in [0.4, 0.5) is 0 Å². The molecule has 6 heteroatoms. The van der Waals surface area contributed by atoms with Gasteiger partial charge in [0.05, 0.1) is 0 Å². The lowest BCUT2D eigenvalue weighted by molar-refractivity contribution is 0.102. The van der Waals surface area contributed by atoms with Gasteiger partial charge < -0.3 is 9.15 Å². The van der Waals surface area contributed by atoms with Crippen molar-refractivity contribution in [2.45, 2.75) is 96.3 Å². The molecule has 0 atom stereocenters. The second kappa shape index (κ2) is 14.2. The molecule has 1 aromatic rings. The van der Waals surface area contributed by atoms with E-state index in [1.807, 2.05) is 0 Å². The highest BCUT2D eigenvalue weighted by Gasteiger charge is 2.10. The third-order valence-electron chi connectivity index (χ3n) is 4.43. The predicted molar refractivity (Wildman–Crippen MR) is 105 cm³/mol. The molecule has 0 aromatic carbocycles. The largest absolute Gasteiger partial charge is 0.462 e. The fraction of sp³-hybridized carbons (Fsp3) is 0.800. The van der Waals surface area contributed by atoms with E-state index >= 15 is 0 Å². The molecule has 0 fully saturated rings. The summed E-state index contributed by atoms with van der Waals surface area (Å²) in [6.45, 7) is 3.28. The topological polar surface area (TPSA) is 76.7 Å². The summed E-state index contributed by atoms with van der Waals surface area (Å²) in [5.74, 6) is 0.324. The van der Waals surface area contributed by atoms with Crippen molar-refractivity contribution in [3.8, 4) is 0 Å². The van der Waals surface area contributed by atoms with E-state index in [-0.39, 0.29) is 5.76 Å². The minimum absolute atomic E-state index is 0.233. The lowest BCUT2D eigenvalue weighted by Crippen LogP contribution is -2.00. The molecule has 0 radical (unpaired) electrons. The van der Waals surface area contributed by atoms with Crippen LogP contribution in [0.2, 0.25) is 0 Å². The summed E-state index contributed by atoms with van der Waals surface area (Å²) < 4.78 is 41.2. The molecule has 0 unspecified atom stereocenters. The molecule has 152 valence electrons. The molecule has 5 nitrogen and oxygen atoms in total. The summed E-state index contributed by atoms with van der Waals surface area (Å²) in [7, 11) is -4.05. The summed E-state index contributed by atoms with van der Waals surface area (Å²) in [6, 6.07) is 3.24. The van der Waals surface area contributed by atoms with Crippen LogP contribution in [0.1, 0.15) is 95.5 Å². The Balaban J connectivity index is 1.88. The number of furan rings is 1. The minimum atomic E-state index is -4.05. The second-order valence-corrected chi connectivity index (χ2v) is 8.49. The third-order valence-corrected chi connectivity index (χ3v) is 5.08. The van der Waals surface area contributed by atoms with E-state index in [0.29, 0.717) is 19.0 Å². The van der Waals surface area contributed by atoms with E-state index in [9.17, 15) is 8.42 Å². The van der Waals surface area contributed by atoms with Gasteiger partial charge in [0.25, 0.3) is 10.1 Å². The van der Waals surface area contributed by atoms with Crippen LogP contribution in [0.3, 0.4) is 0 Å². The number of unbranched alkanes of at least 4 members (excludes halogenated alkanes) is 11. The fourth-order valence-corrected chi connectivity index (χ4v) is 3.49. The molecule has 0 bridgehead atoms. The summed E-state index contributed by atoms with van der Waals surface area (Å²) in [5, 5.41) is 0. The Morgan fingerprint density at radius 2 is 1.35 bits per heavy atom. The molecule has 0 saturated carbocycles. The van der Waals surface area contributed by atoms with Crippen molar-refractivity contribution in [2.24, 2.45) is 0 Å². The molecule has 1 heterocycles. The van der Waals surface area contributed by atoms with E-state index in [4.69, 9.17) is 13.7 Å². The SMILES string of the molecule is CCCCCCCCCCCCCCOCc1ccc(CS(=O)(=O)O)o1. The van der Waals surface area contributed by atoms with Crippen molar-refractivity contribution in [2.75, 3.05) is 6.61 Å². The number of rotatable bonds is 17. The summed E-state index contributed by atoms with van der Waals surface area (Å²) in [6.07, 6.45) is 15.8. The zero-order valence-corrected chi connectivity index (χ0v) is 17.1. The predicted octanol–water partition coefficient (Wildman–Crippen LogP) is 5.89. The van der Waals surface area contributed by atoms with Crippen molar-refractivity contribution in [3.63, 3.8) is 0 Å². The molecular weight excluding hydrogens is 352 g/mol. The molecule has 1 rings (SSSR count). The van der Waals surface area contributed by atoms with Crippen molar-refractivity contribution >= 4 is 10.1 Å². The standard InChI is InChI=1S/C20H36O5S/c1-2-3-4-5-6-7-8-9-10-11-12-13-16-24-17-19-14-15-20(25-19)18-26(21,22)23/h14-15H,2-13,16-18H2,1H3,(H,21,22,23). The molecule has 1 aromatic heterocycles. The highest BCUT2D eigenvalue weighted by Crippen LogP contribution is 2.13. The van der Waals surface area contributed by atoms with Crippen molar-refractivity contribution in [1.82, 2.24) is 0 Å². The molecule has 26 heavy (non-hydrogen) atoms. The highest BCUT2D eigenvalue weighted by atomic mass is 32.2. The Morgan fingerprint density at radius 1 is 0.846 bits per heavy atom. The van der Waals surface area contributed by atoms with Gasteiger partial charge in [-0.2, -0.15) is 8.42 Å². The van der Waals surface area contributed by atoms with Crippen LogP contribution in [0, 0.1) is 0 Å². The van der Waals surface area contributed by atoms with E-state index in [1.165, 1.54) is 70.6 Å². The van der Waals surface area contributed by atoms with Gasteiger partial charge in [-0.05, 0) is 18.6 Å². The summed E-state index contributed by atoms with van der Waals surface area (Å²) >= 11 is 0. The molecule has 0 saturated heterocycles. The first-order chi connectivity index (χ1) is 12.5. The lowest BCUT2D eigenvalue weighted by Gasteiger charge is -2.04. The maximum atomic E-state index is 10.8. The summed E-state index contributed by atoms with van der Waals surface area (Å²) in [4.78, 5) is 0. The third kappa shape index (κ3) is 13.4. The Kier molecular flexibility index (Phi) is 12.7. The average molecular weight is 389 g/mol. The lowest BCUT2D eigenvalue weighted by atomic mass is 10.1. The van der Waals surface area contributed by atoms with Crippen LogP contribution in [-0.4, -0.2) is 19.6 Å². The van der Waals surface area contributed by atoms with Gasteiger partial charge in [-0.25, -0.2) is 0 Å². The van der Waals surface area contributed by atoms with E-state index < -0.39 is 15.9 Å². The van der Waals surface area contributed by atoms with Crippen LogP contribution in [0.5, 0.6) is 0 Å². The normalized spacial score (nSPS) is 11.9. The van der Waals surface area contributed by atoms with Crippen LogP contribution in [0.15, 0.2) is 16.5 Å². The molecule has 0 aliphatic rings. The van der Waals surface area contributed by atoms with Gasteiger partial charge >= 0.3 is 0 Å². The first-order valence-electron chi connectivity index (χ1n) is 10.1. The summed E-state index contributed by atoms with van der Waals surface area (Å²) in [5.41, 5.74) is 0. The molecule has 0 aliphatic heterocycles. The smallest absolute Gasteiger partial charge is 0.272 e. The quantitative estimate of drug-likeness (QED) is 0.266. The van der Waals surface area contributed by atoms with Gasteiger partial charge in [0.2, 0.25) is 0 Å². The van der Waals surface area contributed by atoms with Gasteiger partial charge in [-0.3, -0.25) is 4.55 Å². The Labute approximate surface area is 159 Å². The second-order valence-electron chi connectivity index (χ2n) is 7.04. The van der Waals surface area contributed by atoms with Crippen LogP contribution >= 0.6 is 0 Å². The van der Waals surface area contributed by atoms with Crippen LogP contribution in [0.25, 0.3) is 0 Å². The van der Waals surface area contributed by atoms with Gasteiger partial charge in [-0.15, -0.1) is 0 Å². The first kappa shape index (κ1) is 23.2. The molecular formula is C20H36O5S. The minimum Gasteiger partial charge on any atom is -0.462 e. The molecule has 0 amide bonds. The van der Waals surface area contributed by atoms with Crippen LogP contribution < -0.4 is 0 Å². The number of hydrogen-bond donors (Lipinski definition) is 1.